The third kappa shape index (κ3) is 5.93. The zero-order valence-corrected chi connectivity index (χ0v) is 17.5. The third-order valence-corrected chi connectivity index (χ3v) is 5.75. The Morgan fingerprint density at radius 3 is 2.55 bits per heavy atom. The molecular weight excluding hydrogens is 390 g/mol. The van der Waals surface area contributed by atoms with Crippen molar-refractivity contribution in [1.29, 1.82) is 0 Å². The van der Waals surface area contributed by atoms with E-state index in [0.29, 0.717) is 17.7 Å². The number of rotatable bonds is 6. The molecule has 1 amide bonds. The van der Waals surface area contributed by atoms with Crippen LogP contribution in [-0.2, 0) is 0 Å². The molecule has 1 saturated carbocycles. The molecule has 1 aliphatic carbocycles. The van der Waals surface area contributed by atoms with E-state index in [1.165, 1.54) is 32.1 Å². The number of hydrogen-bond acceptors (Lipinski definition) is 5. The van der Waals surface area contributed by atoms with Crippen LogP contribution in [0.3, 0.4) is 0 Å². The molecule has 1 aromatic carbocycles. The summed E-state index contributed by atoms with van der Waals surface area (Å²) < 4.78 is 7.73. The summed E-state index contributed by atoms with van der Waals surface area (Å²) in [4.78, 5) is 12.5. The lowest BCUT2D eigenvalue weighted by Crippen LogP contribution is -2.29. The van der Waals surface area contributed by atoms with E-state index in [9.17, 15) is 4.79 Å². The van der Waals surface area contributed by atoms with Gasteiger partial charge < -0.3 is 15.4 Å². The summed E-state index contributed by atoms with van der Waals surface area (Å²) in [5, 5.41) is 14.4. The van der Waals surface area contributed by atoms with Crippen LogP contribution in [0.15, 0.2) is 30.5 Å². The monoisotopic (exact) mass is 419 g/mol. The molecule has 2 N–H and O–H groups in total. The van der Waals surface area contributed by atoms with Crippen LogP contribution in [0.25, 0.3) is 0 Å². The van der Waals surface area contributed by atoms with Crippen molar-refractivity contribution in [3.63, 3.8) is 0 Å². The van der Waals surface area contributed by atoms with E-state index < -0.39 is 0 Å². The summed E-state index contributed by atoms with van der Waals surface area (Å²) in [6.45, 7) is 2.73. The Kier molecular flexibility index (Phi) is 7.89. The maximum absolute atomic E-state index is 12.5. The highest BCUT2D eigenvalue weighted by molar-refractivity contribution is 6.02. The summed E-state index contributed by atoms with van der Waals surface area (Å²) in [6, 6.07) is 7.86. The normalized spacial score (nSPS) is 18.1. The van der Waals surface area contributed by atoms with Gasteiger partial charge in [0.25, 0.3) is 5.91 Å². The molecule has 4 rings (SSSR count). The van der Waals surface area contributed by atoms with E-state index in [1.54, 1.807) is 6.20 Å². The van der Waals surface area contributed by atoms with Crippen molar-refractivity contribution < 1.29 is 9.53 Å². The Hall–Kier alpha value is -2.12. The van der Waals surface area contributed by atoms with Gasteiger partial charge in [-0.25, -0.2) is 4.68 Å². The molecule has 2 fully saturated rings. The molecule has 0 atom stereocenters. The summed E-state index contributed by atoms with van der Waals surface area (Å²) in [5.74, 6) is 1.28. The van der Waals surface area contributed by atoms with Crippen LogP contribution in [-0.4, -0.2) is 40.6 Å². The summed E-state index contributed by atoms with van der Waals surface area (Å²) in [6.07, 6.45) is 10.3. The van der Waals surface area contributed by atoms with Crippen molar-refractivity contribution >= 4 is 24.0 Å². The Bertz CT molecular complexity index is 768. The second kappa shape index (κ2) is 10.6. The molecular formula is C21H30ClN5O2. The molecule has 8 heteroatoms. The van der Waals surface area contributed by atoms with Crippen LogP contribution in [0.5, 0.6) is 5.75 Å². The molecule has 2 aromatic rings. The highest BCUT2D eigenvalue weighted by atomic mass is 35.5. The van der Waals surface area contributed by atoms with Gasteiger partial charge in [0.15, 0.2) is 5.69 Å². The minimum absolute atomic E-state index is 0. The van der Waals surface area contributed by atoms with Crippen LogP contribution in [0.2, 0.25) is 0 Å². The highest BCUT2D eigenvalue weighted by Crippen LogP contribution is 2.25. The molecule has 2 aliphatic rings. The quantitative estimate of drug-likeness (QED) is 0.743. The fraction of sp³-hybridized carbons (Fsp3) is 0.571. The lowest BCUT2D eigenvalue weighted by atomic mass is 9.90. The summed E-state index contributed by atoms with van der Waals surface area (Å²) in [5.41, 5.74) is 1.07. The van der Waals surface area contributed by atoms with E-state index in [-0.39, 0.29) is 18.3 Å². The van der Waals surface area contributed by atoms with E-state index in [4.69, 9.17) is 4.74 Å². The predicted molar refractivity (Wildman–Crippen MR) is 115 cm³/mol. The molecule has 29 heavy (non-hydrogen) atoms. The highest BCUT2D eigenvalue weighted by Gasteiger charge is 2.19. The largest absolute Gasteiger partial charge is 0.493 e. The van der Waals surface area contributed by atoms with Gasteiger partial charge in [0, 0.05) is 5.69 Å². The van der Waals surface area contributed by atoms with Crippen LogP contribution in [0.4, 0.5) is 5.69 Å². The molecule has 0 radical (unpaired) electrons. The lowest BCUT2D eigenvalue weighted by Gasteiger charge is -2.22. The minimum Gasteiger partial charge on any atom is -0.493 e. The number of hydrogen-bond donors (Lipinski definition) is 2. The number of ether oxygens (including phenoxy) is 1. The number of nitrogens with zero attached hydrogens (tertiary/aromatic N) is 3. The minimum atomic E-state index is -0.240. The summed E-state index contributed by atoms with van der Waals surface area (Å²) in [7, 11) is 0. The molecule has 1 saturated heterocycles. The number of carbonyl (C=O) groups is 1. The maximum Gasteiger partial charge on any atom is 0.277 e. The van der Waals surface area contributed by atoms with E-state index in [0.717, 1.165) is 44.0 Å². The molecule has 2 heterocycles. The van der Waals surface area contributed by atoms with Gasteiger partial charge >= 0.3 is 0 Å². The smallest absolute Gasteiger partial charge is 0.277 e. The fourth-order valence-corrected chi connectivity index (χ4v) is 4.03. The Morgan fingerprint density at radius 1 is 1.10 bits per heavy atom. The van der Waals surface area contributed by atoms with Gasteiger partial charge in [-0.2, -0.15) is 0 Å². The topological polar surface area (TPSA) is 81.1 Å². The first-order valence-electron chi connectivity index (χ1n) is 10.4. The van der Waals surface area contributed by atoms with E-state index >= 15 is 0 Å². The average Bonchev–Trinajstić information content (AvgIpc) is 3.25. The van der Waals surface area contributed by atoms with Gasteiger partial charge in [-0.1, -0.05) is 24.5 Å². The molecule has 158 valence electrons. The van der Waals surface area contributed by atoms with Crippen molar-refractivity contribution in [2.75, 3.05) is 25.0 Å². The number of anilines is 1. The third-order valence-electron chi connectivity index (χ3n) is 5.75. The first-order valence-corrected chi connectivity index (χ1v) is 10.4. The van der Waals surface area contributed by atoms with Crippen LogP contribution in [0, 0.1) is 5.92 Å². The molecule has 0 bridgehead atoms. The molecule has 1 aromatic heterocycles. The number of aromatic nitrogens is 3. The van der Waals surface area contributed by atoms with Crippen molar-refractivity contribution in [3.8, 4) is 5.75 Å². The Morgan fingerprint density at radius 2 is 1.83 bits per heavy atom. The number of halogens is 1. The maximum atomic E-state index is 12.5. The van der Waals surface area contributed by atoms with E-state index in [1.807, 2.05) is 28.9 Å². The van der Waals surface area contributed by atoms with Gasteiger partial charge in [0.05, 0.1) is 18.8 Å². The Labute approximate surface area is 178 Å². The van der Waals surface area contributed by atoms with Crippen LogP contribution < -0.4 is 15.4 Å². The first-order chi connectivity index (χ1) is 13.8. The van der Waals surface area contributed by atoms with Crippen LogP contribution in [0.1, 0.15) is 61.5 Å². The zero-order chi connectivity index (χ0) is 19.2. The van der Waals surface area contributed by atoms with Gasteiger partial charge in [0.2, 0.25) is 0 Å². The van der Waals surface area contributed by atoms with Gasteiger partial charge in [0.1, 0.15) is 5.75 Å². The lowest BCUT2D eigenvalue weighted by molar-refractivity contribution is 0.102. The zero-order valence-electron chi connectivity index (χ0n) is 16.7. The van der Waals surface area contributed by atoms with Crippen molar-refractivity contribution in [2.45, 2.75) is 51.0 Å². The number of carbonyl (C=O) groups excluding carboxylic acids is 1. The van der Waals surface area contributed by atoms with Gasteiger partial charge in [-0.3, -0.25) is 4.79 Å². The van der Waals surface area contributed by atoms with Crippen molar-refractivity contribution in [1.82, 2.24) is 20.3 Å². The second-order valence-electron chi connectivity index (χ2n) is 7.86. The average molecular weight is 420 g/mol. The van der Waals surface area contributed by atoms with E-state index in [2.05, 4.69) is 20.9 Å². The van der Waals surface area contributed by atoms with Crippen molar-refractivity contribution in [3.05, 3.63) is 36.2 Å². The number of nitrogens with one attached hydrogen (secondary N) is 2. The SMILES string of the molecule is Cl.O=C(Nc1ccc(OCC2CCCCC2)cc1)c1cn(C2CCNCC2)nn1. The van der Waals surface area contributed by atoms with Gasteiger partial charge in [-0.05, 0) is 69.0 Å². The summed E-state index contributed by atoms with van der Waals surface area (Å²) >= 11 is 0. The molecule has 7 nitrogen and oxygen atoms in total. The number of piperidine rings is 1. The fourth-order valence-electron chi connectivity index (χ4n) is 4.03. The standard InChI is InChI=1S/C21H29N5O2.ClH/c27-21(20-14-26(25-24-20)18-10-12-22-13-11-18)23-17-6-8-19(9-7-17)28-15-16-4-2-1-3-5-16;/h6-9,14,16,18,22H,1-5,10-13,15H2,(H,23,27);1H. The second-order valence-corrected chi connectivity index (χ2v) is 7.86. The molecule has 0 spiro atoms. The molecule has 1 aliphatic heterocycles. The van der Waals surface area contributed by atoms with Crippen LogP contribution >= 0.6 is 12.4 Å². The van der Waals surface area contributed by atoms with Crippen molar-refractivity contribution in [2.24, 2.45) is 5.92 Å². The number of benzene rings is 1. The first kappa shape index (κ1) is 21.6. The Balaban J connectivity index is 0.00000240. The predicted octanol–water partition coefficient (Wildman–Crippen LogP) is 3.84. The van der Waals surface area contributed by atoms with Gasteiger partial charge in [-0.15, -0.1) is 17.5 Å². The molecule has 0 unspecified atom stereocenters. The number of amides is 1.